The molecule has 0 saturated carbocycles. The normalized spacial score (nSPS) is 10.7. The molecule has 0 aliphatic rings. The molecule has 0 radical (unpaired) electrons. The zero-order valence-corrected chi connectivity index (χ0v) is 12.1. The highest BCUT2D eigenvalue weighted by Gasteiger charge is 2.07. The first-order chi connectivity index (χ1) is 10.3. The van der Waals surface area contributed by atoms with Gasteiger partial charge < -0.3 is 10.5 Å². The molecule has 4 nitrogen and oxygen atoms in total. The Morgan fingerprint density at radius 1 is 1.10 bits per heavy atom. The van der Waals surface area contributed by atoms with Gasteiger partial charge in [0.05, 0.1) is 5.52 Å². The molecule has 0 unspecified atom stereocenters. The van der Waals surface area contributed by atoms with Crippen molar-refractivity contribution < 1.29 is 5.11 Å². The van der Waals surface area contributed by atoms with Gasteiger partial charge in [0, 0.05) is 21.6 Å². The van der Waals surface area contributed by atoms with Gasteiger partial charge in [0.2, 0.25) is 0 Å². The number of hydrogen-bond acceptors (Lipinski definition) is 5. The van der Waals surface area contributed by atoms with Crippen LogP contribution < -0.4 is 11.3 Å². The quantitative estimate of drug-likeness (QED) is 0.390. The second kappa shape index (κ2) is 6.03. The number of nitrogens with one attached hydrogen (secondary N) is 1. The van der Waals surface area contributed by atoms with Crippen molar-refractivity contribution in [1.29, 1.82) is 0 Å². The van der Waals surface area contributed by atoms with E-state index in [1.54, 1.807) is 23.9 Å². The Morgan fingerprint density at radius 2 is 1.95 bits per heavy atom. The maximum Gasteiger partial charge on any atom is 0.144 e. The van der Waals surface area contributed by atoms with E-state index in [9.17, 15) is 5.11 Å². The first-order valence-electron chi connectivity index (χ1n) is 6.53. The molecule has 1 heterocycles. The first-order valence-corrected chi connectivity index (χ1v) is 7.52. The number of nitrogens with zero attached hydrogens (tertiary/aromatic N) is 1. The molecule has 0 atom stereocenters. The predicted molar refractivity (Wildman–Crippen MR) is 87.2 cm³/mol. The molecular formula is C16H15N3OS. The molecule has 4 N–H and O–H groups in total. The summed E-state index contributed by atoms with van der Waals surface area (Å²) < 4.78 is 0. The summed E-state index contributed by atoms with van der Waals surface area (Å²) in [6, 6.07) is 17.2. The number of para-hydroxylation sites is 1. The maximum atomic E-state index is 9.49. The number of phenols is 1. The minimum atomic E-state index is 0.272. The van der Waals surface area contributed by atoms with Crippen LogP contribution in [0.5, 0.6) is 5.75 Å². The van der Waals surface area contributed by atoms with Crippen molar-refractivity contribution in [2.75, 3.05) is 5.43 Å². The number of hydrazine groups is 1. The fourth-order valence-corrected chi connectivity index (χ4v) is 3.05. The second-order valence-electron chi connectivity index (χ2n) is 4.62. The Bertz CT molecular complexity index is 776. The fourth-order valence-electron chi connectivity index (χ4n) is 2.13. The predicted octanol–water partition coefficient (Wildman–Crippen LogP) is 3.52. The minimum absolute atomic E-state index is 0.272. The molecule has 5 heteroatoms. The van der Waals surface area contributed by atoms with Gasteiger partial charge in [-0.25, -0.2) is 10.8 Å². The molecule has 0 fully saturated rings. The summed E-state index contributed by atoms with van der Waals surface area (Å²) in [6.45, 7) is 0. The molecule has 0 bridgehead atoms. The van der Waals surface area contributed by atoms with Gasteiger partial charge in [-0.1, -0.05) is 24.3 Å². The largest absolute Gasteiger partial charge is 0.508 e. The van der Waals surface area contributed by atoms with E-state index in [2.05, 4.69) is 16.5 Å². The molecular weight excluding hydrogens is 282 g/mol. The van der Waals surface area contributed by atoms with Crippen LogP contribution >= 0.6 is 11.8 Å². The summed E-state index contributed by atoms with van der Waals surface area (Å²) in [5.74, 6) is 7.25. The average Bonchev–Trinajstić information content (AvgIpc) is 2.52. The van der Waals surface area contributed by atoms with E-state index in [-0.39, 0.29) is 5.75 Å². The first kappa shape index (κ1) is 13.7. The van der Waals surface area contributed by atoms with E-state index in [4.69, 9.17) is 5.84 Å². The fraction of sp³-hybridized carbons (Fsp3) is 0.0625. The van der Waals surface area contributed by atoms with Crippen molar-refractivity contribution in [3.8, 4) is 5.75 Å². The smallest absolute Gasteiger partial charge is 0.144 e. The number of rotatable bonds is 4. The summed E-state index contributed by atoms with van der Waals surface area (Å²) in [5.41, 5.74) is 4.61. The van der Waals surface area contributed by atoms with E-state index < -0.39 is 0 Å². The molecule has 0 saturated heterocycles. The van der Waals surface area contributed by atoms with Crippen molar-refractivity contribution in [1.82, 2.24) is 4.98 Å². The lowest BCUT2D eigenvalue weighted by molar-refractivity contribution is 0.474. The monoisotopic (exact) mass is 297 g/mol. The van der Waals surface area contributed by atoms with Gasteiger partial charge in [-0.2, -0.15) is 0 Å². The van der Waals surface area contributed by atoms with Crippen LogP contribution in [0, 0.1) is 0 Å². The Kier molecular flexibility index (Phi) is 3.94. The molecule has 0 amide bonds. The van der Waals surface area contributed by atoms with E-state index in [0.29, 0.717) is 5.82 Å². The lowest BCUT2D eigenvalue weighted by Crippen LogP contribution is -2.11. The molecule has 2 aromatic carbocycles. The molecule has 3 rings (SSSR count). The van der Waals surface area contributed by atoms with Crippen molar-refractivity contribution in [3.63, 3.8) is 0 Å². The van der Waals surface area contributed by atoms with Gasteiger partial charge >= 0.3 is 0 Å². The van der Waals surface area contributed by atoms with Gasteiger partial charge in [-0.3, -0.25) is 0 Å². The van der Waals surface area contributed by atoms with E-state index in [1.807, 2.05) is 36.4 Å². The number of nitrogens with two attached hydrogens (primary N) is 1. The highest BCUT2D eigenvalue weighted by molar-refractivity contribution is 7.98. The van der Waals surface area contributed by atoms with E-state index >= 15 is 0 Å². The lowest BCUT2D eigenvalue weighted by Gasteiger charge is -2.10. The molecule has 1 aromatic heterocycles. The third-order valence-electron chi connectivity index (χ3n) is 3.15. The number of thioether (sulfide) groups is 1. The van der Waals surface area contributed by atoms with E-state index in [1.165, 1.54) is 0 Å². The summed E-state index contributed by atoms with van der Waals surface area (Å²) in [4.78, 5) is 5.53. The highest BCUT2D eigenvalue weighted by Crippen LogP contribution is 2.29. The van der Waals surface area contributed by atoms with E-state index in [0.717, 1.165) is 27.1 Å². The van der Waals surface area contributed by atoms with Crippen molar-refractivity contribution in [3.05, 3.63) is 60.2 Å². The zero-order valence-electron chi connectivity index (χ0n) is 11.3. The van der Waals surface area contributed by atoms with Crippen LogP contribution in [0.2, 0.25) is 0 Å². The SMILES string of the molecule is NNc1nc2ccccc2cc1CSc1cccc(O)c1. The maximum absolute atomic E-state index is 9.49. The molecule has 3 aromatic rings. The average molecular weight is 297 g/mol. The number of nitrogen functional groups attached to an aromatic ring is 1. The Labute approximate surface area is 127 Å². The third kappa shape index (κ3) is 3.09. The molecule has 21 heavy (non-hydrogen) atoms. The van der Waals surface area contributed by atoms with Crippen LogP contribution in [0.3, 0.4) is 0 Å². The zero-order chi connectivity index (χ0) is 14.7. The highest BCUT2D eigenvalue weighted by atomic mass is 32.2. The van der Waals surface area contributed by atoms with Crippen LogP contribution in [0.15, 0.2) is 59.5 Å². The number of aromatic nitrogens is 1. The third-order valence-corrected chi connectivity index (χ3v) is 4.19. The van der Waals surface area contributed by atoms with Crippen LogP contribution in [0.4, 0.5) is 5.82 Å². The summed E-state index contributed by atoms with van der Waals surface area (Å²) in [7, 11) is 0. The number of phenolic OH excluding ortho intramolecular Hbond substituents is 1. The lowest BCUT2D eigenvalue weighted by atomic mass is 10.1. The number of pyridine rings is 1. The van der Waals surface area contributed by atoms with Crippen LogP contribution in [-0.4, -0.2) is 10.1 Å². The van der Waals surface area contributed by atoms with Gasteiger partial charge in [-0.15, -0.1) is 11.8 Å². The van der Waals surface area contributed by atoms with Crippen molar-refractivity contribution in [2.45, 2.75) is 10.6 Å². The number of hydrogen-bond donors (Lipinski definition) is 3. The molecule has 0 aliphatic carbocycles. The number of aromatic hydroxyl groups is 1. The van der Waals surface area contributed by atoms with Gasteiger partial charge in [0.15, 0.2) is 0 Å². The molecule has 106 valence electrons. The number of fused-ring (bicyclic) bond motifs is 1. The minimum Gasteiger partial charge on any atom is -0.508 e. The Hall–Kier alpha value is -2.24. The van der Waals surface area contributed by atoms with Gasteiger partial charge in [0.1, 0.15) is 11.6 Å². The van der Waals surface area contributed by atoms with Crippen LogP contribution in [-0.2, 0) is 5.75 Å². The molecule has 0 spiro atoms. The summed E-state index contributed by atoms with van der Waals surface area (Å²) >= 11 is 1.63. The second-order valence-corrected chi connectivity index (χ2v) is 5.67. The number of anilines is 1. The van der Waals surface area contributed by atoms with Crippen molar-refractivity contribution >= 4 is 28.5 Å². The van der Waals surface area contributed by atoms with Crippen LogP contribution in [0.25, 0.3) is 10.9 Å². The topological polar surface area (TPSA) is 71.2 Å². The van der Waals surface area contributed by atoms with Crippen molar-refractivity contribution in [2.24, 2.45) is 5.84 Å². The van der Waals surface area contributed by atoms with Crippen LogP contribution in [0.1, 0.15) is 5.56 Å². The summed E-state index contributed by atoms with van der Waals surface area (Å²) in [6.07, 6.45) is 0. The van der Waals surface area contributed by atoms with Gasteiger partial charge in [-0.05, 0) is 30.3 Å². The number of benzene rings is 2. The summed E-state index contributed by atoms with van der Waals surface area (Å²) in [5, 5.41) is 10.6. The molecule has 0 aliphatic heterocycles. The standard InChI is InChI=1S/C16H15N3OS/c17-19-16-12(8-11-4-1-2-7-15(11)18-16)10-21-14-6-3-5-13(20)9-14/h1-9,20H,10,17H2,(H,18,19). The Morgan fingerprint density at radius 3 is 2.76 bits per heavy atom. The Balaban J connectivity index is 1.88. The van der Waals surface area contributed by atoms with Gasteiger partial charge in [0.25, 0.3) is 0 Å².